The molecule has 0 saturated heterocycles. The van der Waals surface area contributed by atoms with Crippen LogP contribution in [0.5, 0.6) is 0 Å². The van der Waals surface area contributed by atoms with Crippen molar-refractivity contribution in [1.82, 2.24) is 10.2 Å². The summed E-state index contributed by atoms with van der Waals surface area (Å²) < 4.78 is 0. The largest absolute Gasteiger partial charge is 0.318 e. The minimum absolute atomic E-state index is 0.622. The minimum atomic E-state index is 0.622. The summed E-state index contributed by atoms with van der Waals surface area (Å²) in [5, 5.41) is 3.27. The molecule has 0 aromatic rings. The van der Waals surface area contributed by atoms with E-state index in [-0.39, 0.29) is 0 Å². The van der Waals surface area contributed by atoms with E-state index in [0.717, 1.165) is 19.0 Å². The molecule has 1 aliphatic rings. The Hall–Kier alpha value is -0.520. The van der Waals surface area contributed by atoms with Crippen molar-refractivity contribution >= 4 is 0 Å². The average molecular weight is 208 g/mol. The van der Waals surface area contributed by atoms with Crippen molar-refractivity contribution in [3.8, 4) is 12.3 Å². The van der Waals surface area contributed by atoms with Gasteiger partial charge in [0.15, 0.2) is 0 Å². The highest BCUT2D eigenvalue weighted by atomic mass is 15.2. The molecular weight excluding hydrogens is 184 g/mol. The molecule has 86 valence electrons. The lowest BCUT2D eigenvalue weighted by Gasteiger charge is -2.30. The molecule has 1 N–H and O–H groups in total. The van der Waals surface area contributed by atoms with E-state index in [1.165, 1.54) is 32.2 Å². The van der Waals surface area contributed by atoms with Crippen molar-refractivity contribution in [1.29, 1.82) is 0 Å². The summed E-state index contributed by atoms with van der Waals surface area (Å²) in [6, 6.07) is 0.622. The number of rotatable bonds is 8. The summed E-state index contributed by atoms with van der Waals surface area (Å²) in [5.41, 5.74) is 0. The van der Waals surface area contributed by atoms with E-state index in [2.05, 4.69) is 23.1 Å². The molecule has 1 atom stereocenters. The van der Waals surface area contributed by atoms with E-state index in [1.54, 1.807) is 0 Å². The van der Waals surface area contributed by atoms with Gasteiger partial charge in [-0.15, -0.1) is 6.42 Å². The smallest absolute Gasteiger partial charge is 0.0601 e. The first kappa shape index (κ1) is 12.5. The second-order valence-electron chi connectivity index (χ2n) is 4.58. The molecule has 0 spiro atoms. The number of nitrogens with one attached hydrogen (secondary N) is 1. The summed E-state index contributed by atoms with van der Waals surface area (Å²) in [5.74, 6) is 3.72. The molecule has 0 amide bonds. The molecule has 2 nitrogen and oxygen atoms in total. The predicted molar refractivity (Wildman–Crippen MR) is 65.8 cm³/mol. The van der Waals surface area contributed by atoms with Crippen LogP contribution in [-0.2, 0) is 0 Å². The first-order valence-corrected chi connectivity index (χ1v) is 6.13. The SMILES string of the molecule is C#CCN(CC1CC1)C(CCC)CNC. The van der Waals surface area contributed by atoms with E-state index >= 15 is 0 Å². The molecule has 0 aromatic carbocycles. The van der Waals surface area contributed by atoms with Gasteiger partial charge in [0.25, 0.3) is 0 Å². The van der Waals surface area contributed by atoms with E-state index < -0.39 is 0 Å². The lowest BCUT2D eigenvalue weighted by molar-refractivity contribution is 0.198. The maximum atomic E-state index is 5.44. The van der Waals surface area contributed by atoms with Gasteiger partial charge >= 0.3 is 0 Å². The van der Waals surface area contributed by atoms with Crippen molar-refractivity contribution in [2.45, 2.75) is 38.6 Å². The van der Waals surface area contributed by atoms with Crippen molar-refractivity contribution in [3.63, 3.8) is 0 Å². The van der Waals surface area contributed by atoms with Crippen LogP contribution in [0.2, 0.25) is 0 Å². The molecule has 2 heteroatoms. The zero-order chi connectivity index (χ0) is 11.1. The molecule has 15 heavy (non-hydrogen) atoms. The summed E-state index contributed by atoms with van der Waals surface area (Å²) in [6.45, 7) is 5.31. The Kier molecular flexibility index (Phi) is 5.75. The van der Waals surface area contributed by atoms with Crippen LogP contribution >= 0.6 is 0 Å². The summed E-state index contributed by atoms with van der Waals surface area (Å²) in [6.07, 6.45) is 10.7. The van der Waals surface area contributed by atoms with Gasteiger partial charge in [-0.3, -0.25) is 4.90 Å². The fourth-order valence-corrected chi connectivity index (χ4v) is 2.07. The Bertz CT molecular complexity index is 197. The fourth-order valence-electron chi connectivity index (χ4n) is 2.07. The van der Waals surface area contributed by atoms with Gasteiger partial charge in [-0.25, -0.2) is 0 Å². The van der Waals surface area contributed by atoms with Crippen LogP contribution in [0.4, 0.5) is 0 Å². The van der Waals surface area contributed by atoms with Gasteiger partial charge in [0.05, 0.1) is 6.54 Å². The molecule has 1 unspecified atom stereocenters. The van der Waals surface area contributed by atoms with E-state index in [4.69, 9.17) is 6.42 Å². The van der Waals surface area contributed by atoms with Crippen LogP contribution in [0.3, 0.4) is 0 Å². The van der Waals surface area contributed by atoms with Crippen molar-refractivity contribution in [3.05, 3.63) is 0 Å². The molecule has 1 rings (SSSR count). The summed E-state index contributed by atoms with van der Waals surface area (Å²) in [7, 11) is 2.02. The Morgan fingerprint density at radius 3 is 2.73 bits per heavy atom. The zero-order valence-corrected chi connectivity index (χ0v) is 10.1. The molecule has 0 bridgehead atoms. The molecule has 0 aromatic heterocycles. The second kappa shape index (κ2) is 6.87. The molecular formula is C13H24N2. The highest BCUT2D eigenvalue weighted by Crippen LogP contribution is 2.30. The van der Waals surface area contributed by atoms with Gasteiger partial charge < -0.3 is 5.32 Å². The number of terminal acetylenes is 1. The maximum Gasteiger partial charge on any atom is 0.0601 e. The molecule has 1 aliphatic carbocycles. The van der Waals surface area contributed by atoms with Crippen molar-refractivity contribution in [2.24, 2.45) is 5.92 Å². The average Bonchev–Trinajstić information content (AvgIpc) is 3.01. The molecule has 1 saturated carbocycles. The zero-order valence-electron chi connectivity index (χ0n) is 10.1. The van der Waals surface area contributed by atoms with E-state index in [1.807, 2.05) is 7.05 Å². The molecule has 0 heterocycles. The van der Waals surface area contributed by atoms with Crippen LogP contribution in [0.15, 0.2) is 0 Å². The fraction of sp³-hybridized carbons (Fsp3) is 0.846. The second-order valence-corrected chi connectivity index (χ2v) is 4.58. The molecule has 0 radical (unpaired) electrons. The van der Waals surface area contributed by atoms with Gasteiger partial charge in [-0.1, -0.05) is 19.3 Å². The quantitative estimate of drug-likeness (QED) is 0.611. The predicted octanol–water partition coefficient (Wildman–Crippen LogP) is 1.72. The minimum Gasteiger partial charge on any atom is -0.318 e. The lowest BCUT2D eigenvalue weighted by atomic mass is 10.1. The summed E-state index contributed by atoms with van der Waals surface area (Å²) in [4.78, 5) is 2.48. The van der Waals surface area contributed by atoms with Crippen LogP contribution in [0.1, 0.15) is 32.6 Å². The first-order chi connectivity index (χ1) is 7.31. The topological polar surface area (TPSA) is 15.3 Å². The third-order valence-electron chi connectivity index (χ3n) is 3.06. The van der Waals surface area contributed by atoms with Crippen molar-refractivity contribution in [2.75, 3.05) is 26.7 Å². The van der Waals surface area contributed by atoms with Crippen LogP contribution in [0, 0.1) is 18.3 Å². The van der Waals surface area contributed by atoms with E-state index in [0.29, 0.717) is 6.04 Å². The van der Waals surface area contributed by atoms with Crippen molar-refractivity contribution < 1.29 is 0 Å². The standard InChI is InChI=1S/C13H24N2/c1-4-6-13(10-14-3)15(9-5-2)11-12-7-8-12/h2,12-14H,4,6-11H2,1,3H3. The Morgan fingerprint density at radius 2 is 2.27 bits per heavy atom. The Labute approximate surface area is 94.4 Å². The third kappa shape index (κ3) is 4.68. The Balaban J connectivity index is 2.43. The Morgan fingerprint density at radius 1 is 1.53 bits per heavy atom. The van der Waals surface area contributed by atoms with Crippen LogP contribution in [0.25, 0.3) is 0 Å². The van der Waals surface area contributed by atoms with Gasteiger partial charge in [0, 0.05) is 19.1 Å². The highest BCUT2D eigenvalue weighted by molar-refractivity contribution is 4.92. The van der Waals surface area contributed by atoms with Gasteiger partial charge in [-0.05, 0) is 32.2 Å². The van der Waals surface area contributed by atoms with E-state index in [9.17, 15) is 0 Å². The number of hydrogen-bond acceptors (Lipinski definition) is 2. The molecule has 1 fully saturated rings. The number of hydrogen-bond donors (Lipinski definition) is 1. The van der Waals surface area contributed by atoms with Gasteiger partial charge in [-0.2, -0.15) is 0 Å². The number of nitrogens with zero attached hydrogens (tertiary/aromatic N) is 1. The van der Waals surface area contributed by atoms with Crippen LogP contribution < -0.4 is 5.32 Å². The van der Waals surface area contributed by atoms with Gasteiger partial charge in [0.1, 0.15) is 0 Å². The molecule has 0 aliphatic heterocycles. The van der Waals surface area contributed by atoms with Crippen LogP contribution in [-0.4, -0.2) is 37.6 Å². The third-order valence-corrected chi connectivity index (χ3v) is 3.06. The maximum absolute atomic E-state index is 5.44. The number of likely N-dealkylation sites (N-methyl/N-ethyl adjacent to an activating group) is 1. The van der Waals surface area contributed by atoms with Gasteiger partial charge in [0.2, 0.25) is 0 Å². The lowest BCUT2D eigenvalue weighted by Crippen LogP contribution is -2.42. The summed E-state index contributed by atoms with van der Waals surface area (Å²) >= 11 is 0. The monoisotopic (exact) mass is 208 g/mol. The highest BCUT2D eigenvalue weighted by Gasteiger charge is 2.27. The first-order valence-electron chi connectivity index (χ1n) is 6.13. The normalized spacial score (nSPS) is 17.7.